The van der Waals surface area contributed by atoms with Crippen molar-refractivity contribution >= 4 is 16.7 Å². The molecule has 4 aromatic heterocycles. The van der Waals surface area contributed by atoms with Gasteiger partial charge in [-0.25, -0.2) is 14.5 Å². The van der Waals surface area contributed by atoms with Crippen LogP contribution in [0, 0.1) is 0 Å². The molecule has 98 valence electrons. The summed E-state index contributed by atoms with van der Waals surface area (Å²) >= 11 is 0. The lowest BCUT2D eigenvalue weighted by molar-refractivity contribution is 0.419. The molecule has 0 aromatic carbocycles. The van der Waals surface area contributed by atoms with Gasteiger partial charge in [-0.3, -0.25) is 0 Å². The molecule has 6 heteroatoms. The first-order valence-corrected chi connectivity index (χ1v) is 6.16. The second-order valence-corrected chi connectivity index (χ2v) is 4.42. The van der Waals surface area contributed by atoms with E-state index in [1.54, 1.807) is 17.8 Å². The van der Waals surface area contributed by atoms with Crippen molar-refractivity contribution in [1.29, 1.82) is 0 Å². The van der Waals surface area contributed by atoms with Gasteiger partial charge in [0.15, 0.2) is 5.65 Å². The molecule has 0 spiro atoms. The number of rotatable bonds is 2. The molecule has 4 rings (SSSR count). The fourth-order valence-corrected chi connectivity index (χ4v) is 2.40. The highest BCUT2D eigenvalue weighted by molar-refractivity contribution is 5.98. The fourth-order valence-electron chi connectivity index (χ4n) is 2.40. The lowest BCUT2D eigenvalue weighted by Crippen LogP contribution is -1.89. The van der Waals surface area contributed by atoms with Crippen molar-refractivity contribution in [2.24, 2.45) is 0 Å². The molecule has 0 aliphatic rings. The van der Waals surface area contributed by atoms with Gasteiger partial charge in [0, 0.05) is 29.7 Å². The number of ether oxygens (including phenoxy) is 1. The van der Waals surface area contributed by atoms with Crippen LogP contribution in [0.15, 0.2) is 43.1 Å². The summed E-state index contributed by atoms with van der Waals surface area (Å²) in [4.78, 5) is 11.6. The standard InChI is InChI=1S/C14H11N5O/c1-20-11-4-5-15-14-13(11)10(6-16-14)9-2-3-12-17-8-18-19(12)7-9/h2-8H,1H3,(H,15,16). The Labute approximate surface area is 114 Å². The predicted octanol–water partition coefficient (Wildman–Crippen LogP) is 2.28. The van der Waals surface area contributed by atoms with Crippen LogP contribution >= 0.6 is 0 Å². The van der Waals surface area contributed by atoms with Gasteiger partial charge in [-0.1, -0.05) is 0 Å². The first kappa shape index (κ1) is 11.0. The molecule has 0 unspecified atom stereocenters. The minimum Gasteiger partial charge on any atom is -0.496 e. The van der Waals surface area contributed by atoms with Crippen molar-refractivity contribution in [2.75, 3.05) is 7.11 Å². The Morgan fingerprint density at radius 2 is 2.15 bits per heavy atom. The summed E-state index contributed by atoms with van der Waals surface area (Å²) in [5.41, 5.74) is 3.68. The molecule has 0 radical (unpaired) electrons. The highest BCUT2D eigenvalue weighted by Crippen LogP contribution is 2.33. The van der Waals surface area contributed by atoms with Crippen LogP contribution in [0.2, 0.25) is 0 Å². The number of methoxy groups -OCH3 is 1. The lowest BCUT2D eigenvalue weighted by Gasteiger charge is -2.04. The fraction of sp³-hybridized carbons (Fsp3) is 0.0714. The average molecular weight is 265 g/mol. The number of hydrogen-bond acceptors (Lipinski definition) is 4. The average Bonchev–Trinajstić information content (AvgIpc) is 3.12. The lowest BCUT2D eigenvalue weighted by atomic mass is 10.1. The minimum atomic E-state index is 0.796. The van der Waals surface area contributed by atoms with Gasteiger partial charge in [0.2, 0.25) is 0 Å². The number of nitrogens with zero attached hydrogens (tertiary/aromatic N) is 4. The van der Waals surface area contributed by atoms with E-state index < -0.39 is 0 Å². The normalized spacial score (nSPS) is 11.2. The molecule has 0 bridgehead atoms. The number of aromatic amines is 1. The van der Waals surface area contributed by atoms with E-state index in [4.69, 9.17) is 4.74 Å². The smallest absolute Gasteiger partial charge is 0.155 e. The van der Waals surface area contributed by atoms with Gasteiger partial charge in [-0.05, 0) is 18.2 Å². The van der Waals surface area contributed by atoms with Crippen LogP contribution in [0.4, 0.5) is 0 Å². The summed E-state index contributed by atoms with van der Waals surface area (Å²) in [6, 6.07) is 5.80. The van der Waals surface area contributed by atoms with E-state index in [0.717, 1.165) is 33.6 Å². The quantitative estimate of drug-likeness (QED) is 0.603. The monoisotopic (exact) mass is 265 g/mol. The van der Waals surface area contributed by atoms with Gasteiger partial charge in [0.05, 0.1) is 12.5 Å². The van der Waals surface area contributed by atoms with Crippen molar-refractivity contribution in [3.63, 3.8) is 0 Å². The molecule has 4 heterocycles. The minimum absolute atomic E-state index is 0.796. The Morgan fingerprint density at radius 3 is 3.05 bits per heavy atom. The Hall–Kier alpha value is -2.89. The number of pyridine rings is 2. The van der Waals surface area contributed by atoms with Gasteiger partial charge >= 0.3 is 0 Å². The van der Waals surface area contributed by atoms with E-state index in [1.165, 1.54) is 6.33 Å². The summed E-state index contributed by atoms with van der Waals surface area (Å²) in [5.74, 6) is 0.796. The number of nitrogens with one attached hydrogen (secondary N) is 1. The zero-order valence-electron chi connectivity index (χ0n) is 10.7. The Morgan fingerprint density at radius 1 is 1.20 bits per heavy atom. The third kappa shape index (κ3) is 1.48. The second-order valence-electron chi connectivity index (χ2n) is 4.42. The largest absolute Gasteiger partial charge is 0.496 e. The van der Waals surface area contributed by atoms with Gasteiger partial charge in [-0.2, -0.15) is 5.10 Å². The van der Waals surface area contributed by atoms with Crippen LogP contribution < -0.4 is 4.74 Å². The molecule has 0 fully saturated rings. The molecule has 0 atom stereocenters. The molecular formula is C14H11N5O. The highest BCUT2D eigenvalue weighted by atomic mass is 16.5. The summed E-state index contributed by atoms with van der Waals surface area (Å²) < 4.78 is 7.17. The first-order valence-electron chi connectivity index (χ1n) is 6.16. The van der Waals surface area contributed by atoms with Gasteiger partial charge < -0.3 is 9.72 Å². The van der Waals surface area contributed by atoms with Gasteiger partial charge in [-0.15, -0.1) is 0 Å². The molecule has 0 aliphatic carbocycles. The van der Waals surface area contributed by atoms with Crippen molar-refractivity contribution in [3.05, 3.63) is 43.1 Å². The van der Waals surface area contributed by atoms with E-state index in [9.17, 15) is 0 Å². The molecule has 20 heavy (non-hydrogen) atoms. The number of aromatic nitrogens is 5. The molecule has 4 aromatic rings. The van der Waals surface area contributed by atoms with Crippen molar-refractivity contribution < 1.29 is 4.74 Å². The maximum atomic E-state index is 5.43. The van der Waals surface area contributed by atoms with Crippen LogP contribution in [0.5, 0.6) is 5.75 Å². The van der Waals surface area contributed by atoms with Crippen molar-refractivity contribution in [3.8, 4) is 16.9 Å². The van der Waals surface area contributed by atoms with Crippen molar-refractivity contribution in [1.82, 2.24) is 24.6 Å². The van der Waals surface area contributed by atoms with E-state index in [1.807, 2.05) is 30.6 Å². The zero-order chi connectivity index (χ0) is 13.5. The Kier molecular flexibility index (Phi) is 2.23. The SMILES string of the molecule is COc1ccnc2[nH]cc(-c3ccc4ncnn4c3)c12. The predicted molar refractivity (Wildman–Crippen MR) is 74.6 cm³/mol. The summed E-state index contributed by atoms with van der Waals surface area (Å²) in [6.07, 6.45) is 7.13. The Balaban J connectivity index is 2.01. The van der Waals surface area contributed by atoms with Crippen LogP contribution in [0.3, 0.4) is 0 Å². The van der Waals surface area contributed by atoms with Crippen LogP contribution in [0.1, 0.15) is 0 Å². The highest BCUT2D eigenvalue weighted by Gasteiger charge is 2.12. The maximum absolute atomic E-state index is 5.43. The topological polar surface area (TPSA) is 68.1 Å². The van der Waals surface area contributed by atoms with Crippen LogP contribution in [-0.4, -0.2) is 31.7 Å². The second kappa shape index (κ2) is 4.06. The summed E-state index contributed by atoms with van der Waals surface area (Å²) in [5, 5.41) is 5.13. The zero-order valence-corrected chi connectivity index (χ0v) is 10.7. The molecular weight excluding hydrogens is 254 g/mol. The number of hydrogen-bond donors (Lipinski definition) is 1. The van der Waals surface area contributed by atoms with Crippen molar-refractivity contribution in [2.45, 2.75) is 0 Å². The van der Waals surface area contributed by atoms with Crippen LogP contribution in [-0.2, 0) is 0 Å². The summed E-state index contributed by atoms with van der Waals surface area (Å²) in [7, 11) is 1.66. The third-order valence-corrected chi connectivity index (χ3v) is 3.34. The van der Waals surface area contributed by atoms with Gasteiger partial charge in [0.25, 0.3) is 0 Å². The van der Waals surface area contributed by atoms with E-state index in [0.29, 0.717) is 0 Å². The molecule has 1 N–H and O–H groups in total. The molecule has 0 aliphatic heterocycles. The van der Waals surface area contributed by atoms with E-state index in [2.05, 4.69) is 20.1 Å². The summed E-state index contributed by atoms with van der Waals surface area (Å²) in [6.45, 7) is 0. The molecule has 0 saturated carbocycles. The molecule has 6 nitrogen and oxygen atoms in total. The van der Waals surface area contributed by atoms with Gasteiger partial charge in [0.1, 0.15) is 17.7 Å². The molecule has 0 amide bonds. The first-order chi connectivity index (χ1) is 9.86. The van der Waals surface area contributed by atoms with E-state index in [-0.39, 0.29) is 0 Å². The molecule has 0 saturated heterocycles. The number of H-pyrrole nitrogens is 1. The maximum Gasteiger partial charge on any atom is 0.155 e. The van der Waals surface area contributed by atoms with Crippen LogP contribution in [0.25, 0.3) is 27.8 Å². The third-order valence-electron chi connectivity index (χ3n) is 3.34. The number of fused-ring (bicyclic) bond motifs is 2. The van der Waals surface area contributed by atoms with E-state index >= 15 is 0 Å². The Bertz CT molecular complexity index is 908.